The number of benzene rings is 1. The molecule has 2 aliphatic rings. The smallest absolute Gasteiger partial charge is 0.0487 e. The van der Waals surface area contributed by atoms with Crippen molar-refractivity contribution in [1.29, 1.82) is 0 Å². The maximum absolute atomic E-state index is 9.53. The second-order valence-corrected chi connectivity index (χ2v) is 5.83. The third-order valence-corrected chi connectivity index (χ3v) is 4.75. The molecule has 0 aromatic heterocycles. The summed E-state index contributed by atoms with van der Waals surface area (Å²) in [5.74, 6) is 0.718. The highest BCUT2D eigenvalue weighted by atomic mass is 16.3. The summed E-state index contributed by atoms with van der Waals surface area (Å²) < 4.78 is 0. The normalized spacial score (nSPS) is 32.3. The van der Waals surface area contributed by atoms with Gasteiger partial charge in [-0.05, 0) is 40.7 Å². The number of rotatable bonds is 2. The molecule has 2 unspecified atom stereocenters. The maximum atomic E-state index is 9.53. The van der Waals surface area contributed by atoms with Crippen LogP contribution in [0.5, 0.6) is 0 Å². The minimum atomic E-state index is 0.0662. The molecule has 0 saturated heterocycles. The van der Waals surface area contributed by atoms with E-state index in [1.54, 1.807) is 5.56 Å². The van der Waals surface area contributed by atoms with E-state index in [0.29, 0.717) is 12.0 Å². The molecule has 1 fully saturated rings. The van der Waals surface area contributed by atoms with Crippen LogP contribution in [0.2, 0.25) is 0 Å². The Morgan fingerprint density at radius 3 is 2.80 bits per heavy atom. The van der Waals surface area contributed by atoms with E-state index in [-0.39, 0.29) is 5.41 Å². The molecular weight excluding hydrogens is 184 g/mol. The van der Waals surface area contributed by atoms with Gasteiger partial charge in [0.2, 0.25) is 0 Å². The average molecular weight is 202 g/mol. The fourth-order valence-electron chi connectivity index (χ4n) is 3.43. The van der Waals surface area contributed by atoms with Crippen LogP contribution in [0.15, 0.2) is 24.3 Å². The summed E-state index contributed by atoms with van der Waals surface area (Å²) in [6.07, 6.45) is 2.44. The highest BCUT2D eigenvalue weighted by Crippen LogP contribution is 2.73. The van der Waals surface area contributed by atoms with Gasteiger partial charge >= 0.3 is 0 Å². The second kappa shape index (κ2) is 2.65. The lowest BCUT2D eigenvalue weighted by Gasteiger charge is -2.32. The highest BCUT2D eigenvalue weighted by Gasteiger charge is 2.66. The molecule has 1 aromatic rings. The van der Waals surface area contributed by atoms with Gasteiger partial charge in [0.25, 0.3) is 0 Å². The topological polar surface area (TPSA) is 20.2 Å². The zero-order chi connectivity index (χ0) is 10.7. The summed E-state index contributed by atoms with van der Waals surface area (Å²) in [4.78, 5) is 0. The first-order valence-electron chi connectivity index (χ1n) is 5.79. The van der Waals surface area contributed by atoms with Gasteiger partial charge in [-0.1, -0.05) is 38.1 Å². The Labute approximate surface area is 91.1 Å². The van der Waals surface area contributed by atoms with Gasteiger partial charge in [-0.2, -0.15) is 0 Å². The predicted molar refractivity (Wildman–Crippen MR) is 60.8 cm³/mol. The lowest BCUT2D eigenvalue weighted by atomic mass is 9.74. The standard InChI is InChI=1S/C14H18O/c1-13(2,9-15)14-7-10-5-3-4-6-11(10)12(14)8-14/h3-6,12,15H,7-9H2,1-2H3. The van der Waals surface area contributed by atoms with Crippen LogP contribution in [0.4, 0.5) is 0 Å². The third-order valence-electron chi connectivity index (χ3n) is 4.75. The van der Waals surface area contributed by atoms with E-state index in [0.717, 1.165) is 5.92 Å². The van der Waals surface area contributed by atoms with Crippen LogP contribution < -0.4 is 0 Å². The van der Waals surface area contributed by atoms with Crippen molar-refractivity contribution >= 4 is 0 Å². The minimum absolute atomic E-state index is 0.0662. The molecular formula is C14H18O. The molecule has 0 heterocycles. The van der Waals surface area contributed by atoms with Gasteiger partial charge < -0.3 is 5.11 Å². The van der Waals surface area contributed by atoms with Crippen molar-refractivity contribution < 1.29 is 5.11 Å². The molecule has 0 bridgehead atoms. The molecule has 1 nitrogen and oxygen atoms in total. The number of aliphatic hydroxyl groups excluding tert-OH is 1. The molecule has 15 heavy (non-hydrogen) atoms. The van der Waals surface area contributed by atoms with Crippen molar-refractivity contribution in [1.82, 2.24) is 0 Å². The first kappa shape index (κ1) is 9.41. The van der Waals surface area contributed by atoms with Crippen LogP contribution >= 0.6 is 0 Å². The van der Waals surface area contributed by atoms with Crippen molar-refractivity contribution in [2.45, 2.75) is 32.6 Å². The van der Waals surface area contributed by atoms with Gasteiger partial charge in [0.15, 0.2) is 0 Å². The van der Waals surface area contributed by atoms with Crippen molar-refractivity contribution in [3.05, 3.63) is 35.4 Å². The molecule has 3 rings (SSSR count). The number of fused-ring (bicyclic) bond motifs is 3. The molecule has 0 aliphatic heterocycles. The summed E-state index contributed by atoms with van der Waals surface area (Å²) in [5.41, 5.74) is 3.48. The van der Waals surface area contributed by atoms with Crippen molar-refractivity contribution in [2.75, 3.05) is 6.61 Å². The zero-order valence-corrected chi connectivity index (χ0v) is 9.46. The van der Waals surface area contributed by atoms with Crippen LogP contribution in [0.3, 0.4) is 0 Å². The Morgan fingerprint density at radius 1 is 1.40 bits per heavy atom. The Kier molecular flexibility index (Phi) is 1.66. The van der Waals surface area contributed by atoms with Gasteiger partial charge in [0.05, 0.1) is 0 Å². The van der Waals surface area contributed by atoms with Crippen molar-refractivity contribution in [3.63, 3.8) is 0 Å². The first-order valence-corrected chi connectivity index (χ1v) is 5.79. The van der Waals surface area contributed by atoms with E-state index in [9.17, 15) is 5.11 Å². The van der Waals surface area contributed by atoms with Crippen LogP contribution in [0.1, 0.15) is 37.3 Å². The van der Waals surface area contributed by atoms with Crippen molar-refractivity contribution in [3.8, 4) is 0 Å². The monoisotopic (exact) mass is 202 g/mol. The molecule has 1 aromatic carbocycles. The lowest BCUT2D eigenvalue weighted by Crippen LogP contribution is -2.30. The van der Waals surface area contributed by atoms with Gasteiger partial charge in [0.1, 0.15) is 0 Å². The summed E-state index contributed by atoms with van der Waals surface area (Å²) in [5, 5.41) is 9.53. The summed E-state index contributed by atoms with van der Waals surface area (Å²) in [6, 6.07) is 8.78. The molecule has 1 saturated carbocycles. The molecule has 2 atom stereocenters. The van der Waals surface area contributed by atoms with Crippen LogP contribution in [-0.4, -0.2) is 11.7 Å². The second-order valence-electron chi connectivity index (χ2n) is 5.83. The summed E-state index contributed by atoms with van der Waals surface area (Å²) in [6.45, 7) is 4.72. The summed E-state index contributed by atoms with van der Waals surface area (Å²) in [7, 11) is 0. The molecule has 2 aliphatic carbocycles. The largest absolute Gasteiger partial charge is 0.396 e. The van der Waals surface area contributed by atoms with E-state index in [1.807, 2.05) is 0 Å². The quantitative estimate of drug-likeness (QED) is 0.781. The SMILES string of the molecule is CC(C)(CO)C12Cc3ccccc3C1C2. The van der Waals surface area contributed by atoms with E-state index in [1.165, 1.54) is 18.4 Å². The Morgan fingerprint density at radius 2 is 2.13 bits per heavy atom. The van der Waals surface area contributed by atoms with E-state index < -0.39 is 0 Å². The highest BCUT2D eigenvalue weighted by molar-refractivity contribution is 5.46. The molecule has 1 N–H and O–H groups in total. The fourth-order valence-corrected chi connectivity index (χ4v) is 3.43. The van der Waals surface area contributed by atoms with Crippen LogP contribution in [0.25, 0.3) is 0 Å². The fraction of sp³-hybridized carbons (Fsp3) is 0.571. The average Bonchev–Trinajstić information content (AvgIpc) is 2.88. The Bertz CT molecular complexity index is 408. The van der Waals surface area contributed by atoms with Gasteiger partial charge in [0, 0.05) is 6.61 Å². The summed E-state index contributed by atoms with van der Waals surface area (Å²) >= 11 is 0. The molecule has 0 radical (unpaired) electrons. The number of aliphatic hydroxyl groups is 1. The molecule has 0 amide bonds. The Balaban J connectivity index is 2.00. The zero-order valence-electron chi connectivity index (χ0n) is 9.46. The minimum Gasteiger partial charge on any atom is -0.396 e. The van der Waals surface area contributed by atoms with E-state index >= 15 is 0 Å². The van der Waals surface area contributed by atoms with Crippen LogP contribution in [0, 0.1) is 10.8 Å². The van der Waals surface area contributed by atoms with E-state index in [4.69, 9.17) is 0 Å². The van der Waals surface area contributed by atoms with Gasteiger partial charge in [-0.15, -0.1) is 0 Å². The van der Waals surface area contributed by atoms with Crippen LogP contribution in [-0.2, 0) is 6.42 Å². The molecule has 0 spiro atoms. The first-order chi connectivity index (χ1) is 7.11. The Hall–Kier alpha value is -0.820. The third kappa shape index (κ3) is 1.02. The van der Waals surface area contributed by atoms with Gasteiger partial charge in [-0.25, -0.2) is 0 Å². The maximum Gasteiger partial charge on any atom is 0.0487 e. The van der Waals surface area contributed by atoms with Gasteiger partial charge in [-0.3, -0.25) is 0 Å². The van der Waals surface area contributed by atoms with E-state index in [2.05, 4.69) is 38.1 Å². The van der Waals surface area contributed by atoms with Crippen molar-refractivity contribution in [2.24, 2.45) is 10.8 Å². The molecule has 1 heteroatoms. The number of hydrogen-bond acceptors (Lipinski definition) is 1. The predicted octanol–water partition coefficient (Wildman–Crippen LogP) is 2.73. The number of hydrogen-bond donors (Lipinski definition) is 1. The molecule has 80 valence electrons. The lowest BCUT2D eigenvalue weighted by molar-refractivity contribution is 0.0806.